The number of hydrogen-bond acceptors (Lipinski definition) is 3. The molecule has 35 heavy (non-hydrogen) atoms. The van der Waals surface area contributed by atoms with E-state index in [9.17, 15) is 9.59 Å². The Hall–Kier alpha value is -3.61. The number of carbonyl (C=O) groups excluding carboxylic acids is 2. The van der Waals surface area contributed by atoms with Gasteiger partial charge in [0, 0.05) is 36.9 Å². The van der Waals surface area contributed by atoms with Crippen LogP contribution in [0.15, 0.2) is 66.9 Å². The summed E-state index contributed by atoms with van der Waals surface area (Å²) in [7, 11) is 0. The van der Waals surface area contributed by atoms with Crippen LogP contribution < -0.4 is 10.6 Å². The Morgan fingerprint density at radius 3 is 2.03 bits per heavy atom. The highest BCUT2D eigenvalue weighted by Gasteiger charge is 2.28. The Labute approximate surface area is 206 Å². The molecular weight excluding hydrogens is 438 g/mol. The number of para-hydroxylation sites is 1. The first kappa shape index (κ1) is 23.1. The van der Waals surface area contributed by atoms with E-state index in [4.69, 9.17) is 5.10 Å². The number of aromatic nitrogens is 2. The maximum Gasteiger partial charge on any atom is 0.315 e. The molecule has 0 unspecified atom stereocenters. The van der Waals surface area contributed by atoms with Crippen molar-refractivity contribution in [3.05, 3.63) is 72.4 Å². The average Bonchev–Trinajstić information content (AvgIpc) is 3.36. The van der Waals surface area contributed by atoms with E-state index in [0.29, 0.717) is 30.4 Å². The molecule has 3 amide bonds. The number of rotatable bonds is 5. The van der Waals surface area contributed by atoms with Crippen molar-refractivity contribution in [1.29, 1.82) is 0 Å². The van der Waals surface area contributed by atoms with Crippen LogP contribution in [0.25, 0.3) is 16.9 Å². The van der Waals surface area contributed by atoms with Gasteiger partial charge in [-0.1, -0.05) is 67.8 Å². The lowest BCUT2D eigenvalue weighted by Gasteiger charge is -2.33. The zero-order valence-corrected chi connectivity index (χ0v) is 20.0. The van der Waals surface area contributed by atoms with E-state index in [1.54, 1.807) is 4.68 Å². The number of nitrogens with zero attached hydrogens (tertiary/aromatic N) is 3. The zero-order chi connectivity index (χ0) is 24.0. The molecule has 2 heterocycles. The smallest absolute Gasteiger partial charge is 0.315 e. The summed E-state index contributed by atoms with van der Waals surface area (Å²) in [5.74, 6) is -0.0175. The Morgan fingerprint density at radius 1 is 0.771 bits per heavy atom. The van der Waals surface area contributed by atoms with Gasteiger partial charge in [0.25, 0.3) is 5.91 Å². The van der Waals surface area contributed by atoms with E-state index < -0.39 is 0 Å². The molecule has 2 fully saturated rings. The molecule has 7 heteroatoms. The third-order valence-electron chi connectivity index (χ3n) is 7.07. The zero-order valence-electron chi connectivity index (χ0n) is 20.0. The lowest BCUT2D eigenvalue weighted by Crippen LogP contribution is -2.51. The van der Waals surface area contributed by atoms with E-state index in [1.807, 2.05) is 71.8 Å². The Balaban J connectivity index is 1.25. The van der Waals surface area contributed by atoms with Gasteiger partial charge in [-0.05, 0) is 37.8 Å². The summed E-state index contributed by atoms with van der Waals surface area (Å²) in [6, 6.07) is 20.0. The molecule has 2 N–H and O–H groups in total. The molecule has 0 bridgehead atoms. The molecule has 1 aliphatic heterocycles. The van der Waals surface area contributed by atoms with Crippen LogP contribution in [0.1, 0.15) is 55.3 Å². The standard InChI is InChI=1S/C28H33N5O2/c34-27(32-18-16-23(17-19-32)30-28(35)29-22-12-6-2-7-13-22)25-20-33(24-14-8-3-9-15-24)31-26(25)21-10-4-1-5-11-21/h1,3-5,8-11,14-15,20,22-23H,2,6-7,12-13,16-19H2,(H2,29,30,35). The molecule has 3 aromatic rings. The highest BCUT2D eigenvalue weighted by molar-refractivity contribution is 6.00. The van der Waals surface area contributed by atoms with Crippen LogP contribution in [0.4, 0.5) is 4.79 Å². The van der Waals surface area contributed by atoms with E-state index in [0.717, 1.165) is 36.9 Å². The molecule has 2 aliphatic rings. The second kappa shape index (κ2) is 10.8. The van der Waals surface area contributed by atoms with E-state index in [-0.39, 0.29) is 18.0 Å². The lowest BCUT2D eigenvalue weighted by molar-refractivity contribution is 0.0709. The fourth-order valence-electron chi connectivity index (χ4n) is 5.11. The molecule has 0 atom stereocenters. The van der Waals surface area contributed by atoms with Gasteiger partial charge in [0.05, 0.1) is 11.3 Å². The van der Waals surface area contributed by atoms with Crippen LogP contribution in [0.3, 0.4) is 0 Å². The van der Waals surface area contributed by atoms with Crippen molar-refractivity contribution in [2.45, 2.75) is 57.0 Å². The Morgan fingerprint density at radius 2 is 1.37 bits per heavy atom. The molecule has 1 saturated carbocycles. The van der Waals surface area contributed by atoms with Gasteiger partial charge in [0.1, 0.15) is 5.69 Å². The van der Waals surface area contributed by atoms with E-state index in [1.165, 1.54) is 19.3 Å². The van der Waals surface area contributed by atoms with Crippen molar-refractivity contribution in [2.24, 2.45) is 0 Å². The van der Waals surface area contributed by atoms with Crippen LogP contribution in [-0.4, -0.2) is 51.8 Å². The molecule has 182 valence electrons. The highest BCUT2D eigenvalue weighted by Crippen LogP contribution is 2.26. The fourth-order valence-corrected chi connectivity index (χ4v) is 5.11. The van der Waals surface area contributed by atoms with Gasteiger partial charge in [0.2, 0.25) is 0 Å². The highest BCUT2D eigenvalue weighted by atomic mass is 16.2. The number of likely N-dealkylation sites (tertiary alicyclic amines) is 1. The van der Waals surface area contributed by atoms with Gasteiger partial charge in [-0.15, -0.1) is 0 Å². The minimum atomic E-state index is -0.0721. The van der Waals surface area contributed by atoms with E-state index >= 15 is 0 Å². The first-order valence-electron chi connectivity index (χ1n) is 12.7. The lowest BCUT2D eigenvalue weighted by atomic mass is 9.96. The number of nitrogens with one attached hydrogen (secondary N) is 2. The average molecular weight is 472 g/mol. The summed E-state index contributed by atoms with van der Waals surface area (Å²) in [5, 5.41) is 11.0. The van der Waals surface area contributed by atoms with Gasteiger partial charge < -0.3 is 15.5 Å². The van der Waals surface area contributed by atoms with Crippen molar-refractivity contribution in [1.82, 2.24) is 25.3 Å². The largest absolute Gasteiger partial charge is 0.338 e. The summed E-state index contributed by atoms with van der Waals surface area (Å²) in [5.41, 5.74) is 3.12. The summed E-state index contributed by atoms with van der Waals surface area (Å²) >= 11 is 0. The minimum absolute atomic E-state index is 0.0175. The third kappa shape index (κ3) is 5.56. The number of carbonyl (C=O) groups is 2. The van der Waals surface area contributed by atoms with Gasteiger partial charge in [-0.2, -0.15) is 5.10 Å². The molecular formula is C28H33N5O2. The van der Waals surface area contributed by atoms with Crippen molar-refractivity contribution in [2.75, 3.05) is 13.1 Å². The van der Waals surface area contributed by atoms with Gasteiger partial charge in [-0.3, -0.25) is 4.79 Å². The number of benzene rings is 2. The molecule has 1 aromatic heterocycles. The van der Waals surface area contributed by atoms with Crippen LogP contribution in [0, 0.1) is 0 Å². The number of amides is 3. The third-order valence-corrected chi connectivity index (χ3v) is 7.07. The maximum atomic E-state index is 13.6. The first-order chi connectivity index (χ1) is 17.2. The Bertz CT molecular complexity index is 1130. The molecule has 0 radical (unpaired) electrons. The van der Waals surface area contributed by atoms with Crippen molar-refractivity contribution >= 4 is 11.9 Å². The fraction of sp³-hybridized carbons (Fsp3) is 0.393. The second-order valence-electron chi connectivity index (χ2n) is 9.56. The number of piperidine rings is 1. The predicted molar refractivity (Wildman–Crippen MR) is 136 cm³/mol. The van der Waals surface area contributed by atoms with E-state index in [2.05, 4.69) is 10.6 Å². The van der Waals surface area contributed by atoms with Crippen LogP contribution in [-0.2, 0) is 0 Å². The first-order valence-corrected chi connectivity index (χ1v) is 12.7. The maximum absolute atomic E-state index is 13.6. The summed E-state index contributed by atoms with van der Waals surface area (Å²) in [6.07, 6.45) is 9.12. The van der Waals surface area contributed by atoms with Crippen LogP contribution in [0.5, 0.6) is 0 Å². The quantitative estimate of drug-likeness (QED) is 0.562. The number of urea groups is 1. The number of hydrogen-bond donors (Lipinski definition) is 2. The summed E-state index contributed by atoms with van der Waals surface area (Å²) < 4.78 is 1.78. The van der Waals surface area contributed by atoms with Crippen molar-refractivity contribution in [3.63, 3.8) is 0 Å². The molecule has 5 rings (SSSR count). The van der Waals surface area contributed by atoms with Gasteiger partial charge in [0.15, 0.2) is 0 Å². The van der Waals surface area contributed by atoms with Gasteiger partial charge in [-0.25, -0.2) is 9.48 Å². The summed E-state index contributed by atoms with van der Waals surface area (Å²) in [6.45, 7) is 1.22. The van der Waals surface area contributed by atoms with Crippen molar-refractivity contribution in [3.8, 4) is 16.9 Å². The van der Waals surface area contributed by atoms with Crippen molar-refractivity contribution < 1.29 is 9.59 Å². The molecule has 1 aliphatic carbocycles. The normalized spacial score (nSPS) is 17.2. The molecule has 2 aromatic carbocycles. The van der Waals surface area contributed by atoms with Crippen LogP contribution >= 0.6 is 0 Å². The Kier molecular flexibility index (Phi) is 7.12. The minimum Gasteiger partial charge on any atom is -0.338 e. The summed E-state index contributed by atoms with van der Waals surface area (Å²) in [4.78, 5) is 27.9. The molecule has 0 spiro atoms. The SMILES string of the molecule is O=C(NC1CCCCC1)NC1CCN(C(=O)c2cn(-c3ccccc3)nc2-c2ccccc2)CC1. The monoisotopic (exact) mass is 471 g/mol. The topological polar surface area (TPSA) is 79.3 Å². The second-order valence-corrected chi connectivity index (χ2v) is 9.56. The molecule has 7 nitrogen and oxygen atoms in total. The molecule has 1 saturated heterocycles. The van der Waals surface area contributed by atoms with Gasteiger partial charge >= 0.3 is 6.03 Å². The van der Waals surface area contributed by atoms with Crippen LogP contribution in [0.2, 0.25) is 0 Å². The predicted octanol–water partition coefficient (Wildman–Crippen LogP) is 4.78.